The zero-order valence-corrected chi connectivity index (χ0v) is 10.2. The normalized spacial score (nSPS) is 11.1. The van der Waals surface area contributed by atoms with Crippen molar-refractivity contribution in [2.24, 2.45) is 0 Å². The average molecular weight is 286 g/mol. The van der Waals surface area contributed by atoms with Crippen LogP contribution in [0.4, 0.5) is 5.82 Å². The maximum atomic E-state index is 8.74. The molecule has 6 nitrogen and oxygen atoms in total. The van der Waals surface area contributed by atoms with Gasteiger partial charge in [0.05, 0.1) is 0 Å². The van der Waals surface area contributed by atoms with Crippen LogP contribution in [0, 0.1) is 0 Å². The summed E-state index contributed by atoms with van der Waals surface area (Å²) in [5, 5.41) is 8.74. The van der Waals surface area contributed by atoms with E-state index in [2.05, 4.69) is 30.9 Å². The Balaban J connectivity index is 2.36. The molecule has 2 aromatic heterocycles. The average Bonchev–Trinajstić information content (AvgIpc) is 2.58. The van der Waals surface area contributed by atoms with E-state index in [-0.39, 0.29) is 6.61 Å². The van der Waals surface area contributed by atoms with E-state index in [4.69, 9.17) is 10.8 Å². The Labute approximate surface area is 101 Å². The highest BCUT2D eigenvalue weighted by atomic mass is 79.9. The van der Waals surface area contributed by atoms with Crippen LogP contribution in [0.15, 0.2) is 11.1 Å². The lowest BCUT2D eigenvalue weighted by Crippen LogP contribution is -2.01. The van der Waals surface area contributed by atoms with Crippen molar-refractivity contribution < 1.29 is 5.11 Å². The van der Waals surface area contributed by atoms with Gasteiger partial charge in [0.25, 0.3) is 0 Å². The topological polar surface area (TPSA) is 89.9 Å². The number of nitrogens with zero attached hydrogens (tertiary/aromatic N) is 4. The number of aliphatic hydroxyl groups excluding tert-OH is 1. The Morgan fingerprint density at radius 2 is 2.19 bits per heavy atom. The minimum absolute atomic E-state index is 0.196. The second-order valence-corrected chi connectivity index (χ2v) is 4.10. The molecule has 0 aliphatic heterocycles. The summed E-state index contributed by atoms with van der Waals surface area (Å²) in [4.78, 5) is 12.3. The number of hydrogen-bond acceptors (Lipinski definition) is 5. The van der Waals surface area contributed by atoms with Gasteiger partial charge in [-0.15, -0.1) is 0 Å². The second kappa shape index (κ2) is 4.75. The van der Waals surface area contributed by atoms with Crippen molar-refractivity contribution in [2.75, 3.05) is 12.3 Å². The van der Waals surface area contributed by atoms with Crippen LogP contribution in [0.3, 0.4) is 0 Å². The summed E-state index contributed by atoms with van der Waals surface area (Å²) in [6.07, 6.45) is 3.05. The highest BCUT2D eigenvalue weighted by Crippen LogP contribution is 2.21. The van der Waals surface area contributed by atoms with Gasteiger partial charge in [0, 0.05) is 13.2 Å². The zero-order chi connectivity index (χ0) is 11.5. The number of hydrogen-bond donors (Lipinski definition) is 2. The summed E-state index contributed by atoms with van der Waals surface area (Å²) in [5.74, 6) is 0.381. The van der Waals surface area contributed by atoms with E-state index in [9.17, 15) is 0 Å². The van der Waals surface area contributed by atoms with Crippen LogP contribution in [0.2, 0.25) is 0 Å². The van der Waals surface area contributed by atoms with Crippen LogP contribution in [-0.2, 0) is 6.54 Å². The molecule has 0 saturated carbocycles. The maximum absolute atomic E-state index is 8.74. The smallest absolute Gasteiger partial charge is 0.179 e. The number of unbranched alkanes of at least 4 members (excludes halogenated alkanes) is 1. The first-order valence-corrected chi connectivity index (χ1v) is 5.76. The fraction of sp³-hybridized carbons (Fsp3) is 0.444. The molecule has 0 aliphatic carbocycles. The molecule has 0 fully saturated rings. The number of aliphatic hydroxyl groups is 1. The van der Waals surface area contributed by atoms with Crippen molar-refractivity contribution in [2.45, 2.75) is 19.4 Å². The Bertz CT molecular complexity index is 498. The summed E-state index contributed by atoms with van der Waals surface area (Å²) in [6.45, 7) is 0.940. The van der Waals surface area contributed by atoms with E-state index in [1.807, 2.05) is 4.57 Å². The van der Waals surface area contributed by atoms with Crippen molar-refractivity contribution in [3.05, 3.63) is 11.1 Å². The molecule has 86 valence electrons. The second-order valence-electron chi connectivity index (χ2n) is 3.39. The molecule has 16 heavy (non-hydrogen) atoms. The van der Waals surface area contributed by atoms with E-state index >= 15 is 0 Å². The van der Waals surface area contributed by atoms with Crippen molar-refractivity contribution in [3.8, 4) is 0 Å². The van der Waals surface area contributed by atoms with Crippen LogP contribution in [-0.4, -0.2) is 31.2 Å². The number of imidazole rings is 1. The lowest BCUT2D eigenvalue weighted by atomic mass is 10.3. The minimum Gasteiger partial charge on any atom is -0.396 e. The summed E-state index contributed by atoms with van der Waals surface area (Å²) in [6, 6.07) is 0. The molecule has 0 aliphatic rings. The lowest BCUT2D eigenvalue weighted by molar-refractivity contribution is 0.281. The zero-order valence-electron chi connectivity index (χ0n) is 8.60. The molecule has 0 spiro atoms. The molecule has 0 radical (unpaired) electrons. The maximum Gasteiger partial charge on any atom is 0.179 e. The van der Waals surface area contributed by atoms with Crippen LogP contribution in [0.1, 0.15) is 12.8 Å². The van der Waals surface area contributed by atoms with Crippen molar-refractivity contribution in [3.63, 3.8) is 0 Å². The fourth-order valence-electron chi connectivity index (χ4n) is 1.51. The standard InChI is InChI=1S/C9H12BrN5O/c10-9-14-6-7(11)12-5-13-8(6)15(9)3-1-2-4-16/h5,16H,1-4H2,(H2,11,12,13). The van der Waals surface area contributed by atoms with Crippen LogP contribution >= 0.6 is 15.9 Å². The van der Waals surface area contributed by atoms with E-state index in [0.29, 0.717) is 16.1 Å². The van der Waals surface area contributed by atoms with Gasteiger partial charge in [0.1, 0.15) is 6.33 Å². The number of nitrogen functional groups attached to an aromatic ring is 1. The Kier molecular flexibility index (Phi) is 3.35. The Morgan fingerprint density at radius 3 is 2.94 bits per heavy atom. The van der Waals surface area contributed by atoms with Gasteiger partial charge in [-0.05, 0) is 28.8 Å². The third kappa shape index (κ3) is 2.00. The van der Waals surface area contributed by atoms with Gasteiger partial charge in [-0.2, -0.15) is 0 Å². The minimum atomic E-state index is 0.196. The third-order valence-corrected chi connectivity index (χ3v) is 2.91. The van der Waals surface area contributed by atoms with Gasteiger partial charge in [0.2, 0.25) is 0 Å². The summed E-state index contributed by atoms with van der Waals surface area (Å²) < 4.78 is 2.61. The molecule has 3 N–H and O–H groups in total. The Morgan fingerprint density at radius 1 is 1.38 bits per heavy atom. The van der Waals surface area contributed by atoms with Crippen LogP contribution in [0.25, 0.3) is 11.2 Å². The largest absolute Gasteiger partial charge is 0.396 e. The van der Waals surface area contributed by atoms with Crippen LogP contribution in [0.5, 0.6) is 0 Å². The molecule has 0 bridgehead atoms. The van der Waals surface area contributed by atoms with Crippen LogP contribution < -0.4 is 5.73 Å². The monoisotopic (exact) mass is 285 g/mol. The van der Waals surface area contributed by atoms with E-state index in [1.165, 1.54) is 6.33 Å². The first-order valence-electron chi connectivity index (χ1n) is 4.97. The van der Waals surface area contributed by atoms with Crippen molar-refractivity contribution in [1.29, 1.82) is 0 Å². The van der Waals surface area contributed by atoms with Gasteiger partial charge in [-0.3, -0.25) is 0 Å². The van der Waals surface area contributed by atoms with Gasteiger partial charge in [0.15, 0.2) is 21.7 Å². The van der Waals surface area contributed by atoms with Gasteiger partial charge >= 0.3 is 0 Å². The van der Waals surface area contributed by atoms with Gasteiger partial charge in [-0.1, -0.05) is 0 Å². The molecule has 0 saturated heterocycles. The highest BCUT2D eigenvalue weighted by Gasteiger charge is 2.11. The predicted molar refractivity (Wildman–Crippen MR) is 63.8 cm³/mol. The molecule has 0 aromatic carbocycles. The molecule has 7 heteroatoms. The van der Waals surface area contributed by atoms with Crippen molar-refractivity contribution >= 4 is 32.9 Å². The van der Waals surface area contributed by atoms with E-state index in [0.717, 1.165) is 25.0 Å². The number of fused-ring (bicyclic) bond motifs is 1. The number of aryl methyl sites for hydroxylation is 1. The molecule has 0 amide bonds. The summed E-state index contributed by atoms with van der Waals surface area (Å²) in [7, 11) is 0. The van der Waals surface area contributed by atoms with Crippen molar-refractivity contribution in [1.82, 2.24) is 19.5 Å². The first-order chi connectivity index (χ1) is 7.74. The van der Waals surface area contributed by atoms with E-state index < -0.39 is 0 Å². The molecular formula is C9H12BrN5O. The third-order valence-electron chi connectivity index (χ3n) is 2.30. The predicted octanol–water partition coefficient (Wildman–Crippen LogP) is 0.943. The molecule has 0 unspecified atom stereocenters. The SMILES string of the molecule is Nc1ncnc2c1nc(Br)n2CCCCO. The molecule has 0 atom stereocenters. The number of anilines is 1. The molecule has 2 aromatic rings. The van der Waals surface area contributed by atoms with E-state index in [1.54, 1.807) is 0 Å². The summed E-state index contributed by atoms with van der Waals surface area (Å²) in [5.41, 5.74) is 7.03. The number of nitrogens with two attached hydrogens (primary N) is 1. The number of rotatable bonds is 4. The fourth-order valence-corrected chi connectivity index (χ4v) is 2.03. The first kappa shape index (κ1) is 11.3. The lowest BCUT2D eigenvalue weighted by Gasteiger charge is -2.03. The number of halogens is 1. The highest BCUT2D eigenvalue weighted by molar-refractivity contribution is 9.10. The number of aromatic nitrogens is 4. The quantitative estimate of drug-likeness (QED) is 0.645. The van der Waals surface area contributed by atoms with Gasteiger partial charge < -0.3 is 15.4 Å². The summed E-state index contributed by atoms with van der Waals surface area (Å²) >= 11 is 3.36. The molecular weight excluding hydrogens is 274 g/mol. The molecule has 2 rings (SSSR count). The molecule has 2 heterocycles. The van der Waals surface area contributed by atoms with Gasteiger partial charge in [-0.25, -0.2) is 15.0 Å². The Hall–Kier alpha value is -1.21.